The summed E-state index contributed by atoms with van der Waals surface area (Å²) in [5, 5.41) is 9.25. The first kappa shape index (κ1) is 13.4. The lowest BCUT2D eigenvalue weighted by Gasteiger charge is -2.17. The summed E-state index contributed by atoms with van der Waals surface area (Å²) < 4.78 is 1.85. The summed E-state index contributed by atoms with van der Waals surface area (Å²) in [7, 11) is 1.95. The highest BCUT2D eigenvalue weighted by atomic mass is 15.3. The van der Waals surface area contributed by atoms with E-state index in [1.165, 1.54) is 32.1 Å². The maximum atomic E-state index is 4.54. The fourth-order valence-electron chi connectivity index (χ4n) is 3.25. The first-order chi connectivity index (χ1) is 9.63. The molecule has 108 valence electrons. The molecule has 2 heterocycles. The second-order valence-electron chi connectivity index (χ2n) is 6.26. The molecule has 2 aromatic heterocycles. The Hall–Kier alpha value is -1.58. The van der Waals surface area contributed by atoms with E-state index >= 15 is 0 Å². The van der Waals surface area contributed by atoms with Crippen molar-refractivity contribution in [3.63, 3.8) is 0 Å². The minimum atomic E-state index is 0.594. The van der Waals surface area contributed by atoms with Gasteiger partial charge in [-0.05, 0) is 38.2 Å². The van der Waals surface area contributed by atoms with Crippen molar-refractivity contribution in [2.45, 2.75) is 52.0 Å². The molecule has 0 spiro atoms. The van der Waals surface area contributed by atoms with Crippen LogP contribution in [0, 0.1) is 12.8 Å². The molecule has 20 heavy (non-hydrogen) atoms. The number of pyridine rings is 1. The molecule has 0 amide bonds. The van der Waals surface area contributed by atoms with Gasteiger partial charge < -0.3 is 5.32 Å². The SMILES string of the molecule is Cc1nn(C)c2ncc(NC3CCCC(C)CC3)cc12. The van der Waals surface area contributed by atoms with E-state index in [2.05, 4.69) is 28.4 Å². The van der Waals surface area contributed by atoms with E-state index in [-0.39, 0.29) is 0 Å². The van der Waals surface area contributed by atoms with Gasteiger partial charge in [0.05, 0.1) is 17.6 Å². The molecule has 0 bridgehead atoms. The lowest BCUT2D eigenvalue weighted by atomic mass is 10.0. The molecule has 1 aliphatic carbocycles. The van der Waals surface area contributed by atoms with Gasteiger partial charge >= 0.3 is 0 Å². The van der Waals surface area contributed by atoms with Crippen LogP contribution in [0.4, 0.5) is 5.69 Å². The van der Waals surface area contributed by atoms with E-state index < -0.39 is 0 Å². The van der Waals surface area contributed by atoms with Crippen LogP contribution in [0.3, 0.4) is 0 Å². The number of anilines is 1. The molecule has 2 unspecified atom stereocenters. The number of nitrogens with zero attached hydrogens (tertiary/aromatic N) is 3. The summed E-state index contributed by atoms with van der Waals surface area (Å²) in [5.74, 6) is 0.878. The number of fused-ring (bicyclic) bond motifs is 1. The Balaban J connectivity index is 1.78. The van der Waals surface area contributed by atoms with Crippen molar-refractivity contribution in [1.82, 2.24) is 14.8 Å². The minimum absolute atomic E-state index is 0.594. The van der Waals surface area contributed by atoms with Crippen molar-refractivity contribution in [2.24, 2.45) is 13.0 Å². The molecular formula is C16H24N4. The highest BCUT2D eigenvalue weighted by Gasteiger charge is 2.16. The van der Waals surface area contributed by atoms with Crippen molar-refractivity contribution in [3.8, 4) is 0 Å². The number of rotatable bonds is 2. The van der Waals surface area contributed by atoms with Crippen LogP contribution in [-0.4, -0.2) is 20.8 Å². The molecule has 1 aliphatic rings. The zero-order valence-electron chi connectivity index (χ0n) is 12.7. The highest BCUT2D eigenvalue weighted by Crippen LogP contribution is 2.26. The Kier molecular flexibility index (Phi) is 3.64. The van der Waals surface area contributed by atoms with Crippen molar-refractivity contribution in [1.29, 1.82) is 0 Å². The zero-order valence-corrected chi connectivity index (χ0v) is 12.7. The molecule has 0 saturated heterocycles. The van der Waals surface area contributed by atoms with Gasteiger partial charge in [-0.3, -0.25) is 4.68 Å². The highest BCUT2D eigenvalue weighted by molar-refractivity contribution is 5.81. The lowest BCUT2D eigenvalue weighted by Crippen LogP contribution is -2.18. The number of hydrogen-bond acceptors (Lipinski definition) is 3. The number of nitrogens with one attached hydrogen (secondary N) is 1. The van der Waals surface area contributed by atoms with Crippen molar-refractivity contribution < 1.29 is 0 Å². The number of aryl methyl sites for hydroxylation is 2. The molecule has 3 rings (SSSR count). The van der Waals surface area contributed by atoms with Crippen molar-refractivity contribution in [2.75, 3.05) is 5.32 Å². The minimum Gasteiger partial charge on any atom is -0.381 e. The third kappa shape index (κ3) is 2.65. The Morgan fingerprint density at radius 3 is 2.95 bits per heavy atom. The predicted molar refractivity (Wildman–Crippen MR) is 82.9 cm³/mol. The molecule has 0 radical (unpaired) electrons. The van der Waals surface area contributed by atoms with Crippen LogP contribution >= 0.6 is 0 Å². The number of aromatic nitrogens is 3. The van der Waals surface area contributed by atoms with Gasteiger partial charge in [-0.2, -0.15) is 5.10 Å². The average Bonchev–Trinajstić information content (AvgIpc) is 2.59. The first-order valence-electron chi connectivity index (χ1n) is 7.69. The largest absolute Gasteiger partial charge is 0.381 e. The fourth-order valence-corrected chi connectivity index (χ4v) is 3.25. The summed E-state index contributed by atoms with van der Waals surface area (Å²) in [6.45, 7) is 4.41. The van der Waals surface area contributed by atoms with Gasteiger partial charge in [0, 0.05) is 18.5 Å². The van der Waals surface area contributed by atoms with Gasteiger partial charge in [0.2, 0.25) is 0 Å². The molecule has 1 N–H and O–H groups in total. The molecule has 2 atom stereocenters. The molecule has 1 saturated carbocycles. The maximum Gasteiger partial charge on any atom is 0.157 e. The van der Waals surface area contributed by atoms with Gasteiger partial charge in [-0.25, -0.2) is 4.98 Å². The van der Waals surface area contributed by atoms with Gasteiger partial charge in [-0.15, -0.1) is 0 Å². The van der Waals surface area contributed by atoms with Gasteiger partial charge in [0.15, 0.2) is 5.65 Å². The van der Waals surface area contributed by atoms with Gasteiger partial charge in [0.1, 0.15) is 0 Å². The molecule has 0 aliphatic heterocycles. The Morgan fingerprint density at radius 1 is 1.25 bits per heavy atom. The third-order valence-electron chi connectivity index (χ3n) is 4.49. The average molecular weight is 272 g/mol. The van der Waals surface area contributed by atoms with Crippen LogP contribution in [0.15, 0.2) is 12.3 Å². The van der Waals surface area contributed by atoms with Crippen molar-refractivity contribution in [3.05, 3.63) is 18.0 Å². The summed E-state index contributed by atoms with van der Waals surface area (Å²) in [6, 6.07) is 2.79. The quantitative estimate of drug-likeness (QED) is 0.848. The van der Waals surface area contributed by atoms with E-state index in [1.54, 1.807) is 0 Å². The van der Waals surface area contributed by atoms with E-state index in [9.17, 15) is 0 Å². The third-order valence-corrected chi connectivity index (χ3v) is 4.49. The standard InChI is InChI=1S/C16H24N4/c1-11-5-4-6-13(8-7-11)18-14-9-15-12(2)19-20(3)16(15)17-10-14/h9-11,13,18H,4-8H2,1-3H3. The van der Waals surface area contributed by atoms with E-state index in [1.807, 2.05) is 24.9 Å². The zero-order chi connectivity index (χ0) is 14.1. The molecule has 1 fully saturated rings. The normalized spacial score (nSPS) is 23.8. The Bertz CT molecular complexity index is 602. The van der Waals surface area contributed by atoms with E-state index in [0.717, 1.165) is 28.3 Å². The molecule has 4 heteroatoms. The second-order valence-corrected chi connectivity index (χ2v) is 6.26. The van der Waals surface area contributed by atoms with Crippen LogP contribution in [0.5, 0.6) is 0 Å². The molecule has 0 aromatic carbocycles. The van der Waals surface area contributed by atoms with Crippen LogP contribution in [0.1, 0.15) is 44.7 Å². The summed E-state index contributed by atoms with van der Waals surface area (Å²) in [4.78, 5) is 4.54. The summed E-state index contributed by atoms with van der Waals surface area (Å²) in [5.41, 5.74) is 3.14. The van der Waals surface area contributed by atoms with E-state index in [4.69, 9.17) is 0 Å². The molecular weight excluding hydrogens is 248 g/mol. The summed E-state index contributed by atoms with van der Waals surface area (Å²) >= 11 is 0. The summed E-state index contributed by atoms with van der Waals surface area (Å²) in [6.07, 6.45) is 8.52. The smallest absolute Gasteiger partial charge is 0.157 e. The molecule has 2 aromatic rings. The molecule has 4 nitrogen and oxygen atoms in total. The Labute approximate surface area is 120 Å². The monoisotopic (exact) mass is 272 g/mol. The van der Waals surface area contributed by atoms with Gasteiger partial charge in [0.25, 0.3) is 0 Å². The van der Waals surface area contributed by atoms with Crippen LogP contribution in [-0.2, 0) is 7.05 Å². The predicted octanol–water partition coefficient (Wildman–Crippen LogP) is 3.66. The first-order valence-corrected chi connectivity index (χ1v) is 7.69. The second kappa shape index (κ2) is 5.43. The Morgan fingerprint density at radius 2 is 2.10 bits per heavy atom. The number of hydrogen-bond donors (Lipinski definition) is 1. The van der Waals surface area contributed by atoms with Gasteiger partial charge in [-0.1, -0.05) is 19.8 Å². The van der Waals surface area contributed by atoms with Crippen molar-refractivity contribution >= 4 is 16.7 Å². The lowest BCUT2D eigenvalue weighted by molar-refractivity contribution is 0.502. The van der Waals surface area contributed by atoms with Crippen LogP contribution in [0.2, 0.25) is 0 Å². The topological polar surface area (TPSA) is 42.7 Å². The fraction of sp³-hybridized carbons (Fsp3) is 0.625. The van der Waals surface area contributed by atoms with E-state index in [0.29, 0.717) is 6.04 Å². The maximum absolute atomic E-state index is 4.54. The van der Waals surface area contributed by atoms with Crippen LogP contribution < -0.4 is 5.32 Å². The van der Waals surface area contributed by atoms with Crippen LogP contribution in [0.25, 0.3) is 11.0 Å².